The molecule has 1 aliphatic rings. The average Bonchev–Trinajstić information content (AvgIpc) is 3.00. The Morgan fingerprint density at radius 3 is 2.52 bits per heavy atom. The number of thiophene rings is 1. The minimum atomic E-state index is -0.211. The molecule has 0 unspecified atom stereocenters. The summed E-state index contributed by atoms with van der Waals surface area (Å²) in [6, 6.07) is 6.80. The molecule has 7 nitrogen and oxygen atoms in total. The van der Waals surface area contributed by atoms with E-state index in [9.17, 15) is 15.5 Å². The maximum absolute atomic E-state index is 9.85. The highest BCUT2D eigenvalue weighted by molar-refractivity contribution is 7.19. The Bertz CT molecular complexity index is 1060. The second-order valence-electron chi connectivity index (χ2n) is 6.71. The molecule has 0 spiro atoms. The Labute approximate surface area is 160 Å². The van der Waals surface area contributed by atoms with E-state index in [1.807, 2.05) is 6.92 Å². The zero-order chi connectivity index (χ0) is 19.1. The van der Waals surface area contributed by atoms with Crippen molar-refractivity contribution in [3.05, 3.63) is 28.6 Å². The van der Waals surface area contributed by atoms with Crippen molar-refractivity contribution in [1.29, 1.82) is 5.26 Å². The van der Waals surface area contributed by atoms with E-state index < -0.39 is 0 Å². The summed E-state index contributed by atoms with van der Waals surface area (Å²) < 4.78 is 0. The highest BCUT2D eigenvalue weighted by Crippen LogP contribution is 2.38. The van der Waals surface area contributed by atoms with E-state index in [1.165, 1.54) is 23.5 Å². The number of hydrogen-bond acceptors (Lipinski definition) is 8. The molecular weight excluding hydrogens is 362 g/mol. The zero-order valence-electron chi connectivity index (χ0n) is 15.1. The molecule has 27 heavy (non-hydrogen) atoms. The van der Waals surface area contributed by atoms with Gasteiger partial charge in [0.2, 0.25) is 0 Å². The summed E-state index contributed by atoms with van der Waals surface area (Å²) in [7, 11) is 2.10. The molecule has 2 N–H and O–H groups in total. The number of phenols is 2. The van der Waals surface area contributed by atoms with Gasteiger partial charge in [0.15, 0.2) is 17.3 Å². The molecule has 8 heteroatoms. The van der Waals surface area contributed by atoms with Gasteiger partial charge in [-0.2, -0.15) is 5.26 Å². The molecule has 0 atom stereocenters. The number of rotatable bonds is 2. The molecule has 2 aromatic heterocycles. The molecule has 1 aromatic carbocycles. The van der Waals surface area contributed by atoms with Crippen LogP contribution in [0, 0.1) is 18.3 Å². The van der Waals surface area contributed by atoms with E-state index in [0.717, 1.165) is 47.8 Å². The fourth-order valence-corrected chi connectivity index (χ4v) is 4.24. The minimum absolute atomic E-state index is 0.183. The van der Waals surface area contributed by atoms with Crippen molar-refractivity contribution in [3.63, 3.8) is 0 Å². The monoisotopic (exact) mass is 381 g/mol. The Hall–Kier alpha value is -2.89. The lowest BCUT2D eigenvalue weighted by molar-refractivity contribution is 0.312. The van der Waals surface area contributed by atoms with Gasteiger partial charge in [0.05, 0.1) is 5.39 Å². The van der Waals surface area contributed by atoms with Crippen LogP contribution in [0.4, 0.5) is 5.82 Å². The number of likely N-dealkylation sites (N-methyl/N-ethyl adjacent to an activating group) is 1. The molecule has 1 saturated heterocycles. The van der Waals surface area contributed by atoms with Crippen molar-refractivity contribution in [2.45, 2.75) is 6.92 Å². The van der Waals surface area contributed by atoms with Crippen molar-refractivity contribution in [1.82, 2.24) is 14.9 Å². The molecule has 0 aliphatic carbocycles. The number of nitrogens with zero attached hydrogens (tertiary/aromatic N) is 5. The number of piperazine rings is 1. The van der Waals surface area contributed by atoms with E-state index >= 15 is 0 Å². The molecule has 4 rings (SSSR count). The third-order valence-electron chi connectivity index (χ3n) is 4.91. The van der Waals surface area contributed by atoms with Crippen LogP contribution in [-0.2, 0) is 0 Å². The summed E-state index contributed by atoms with van der Waals surface area (Å²) in [5, 5.41) is 29.8. The number of hydrogen-bond donors (Lipinski definition) is 2. The van der Waals surface area contributed by atoms with Crippen LogP contribution in [0.3, 0.4) is 0 Å². The van der Waals surface area contributed by atoms with E-state index in [0.29, 0.717) is 16.3 Å². The highest BCUT2D eigenvalue weighted by Gasteiger charge is 2.23. The molecule has 138 valence electrons. The SMILES string of the molecule is Cc1c(C#N)sc2nc(-c3ccc(O)c(O)c3)nc(N3CCN(C)CC3)c12. The van der Waals surface area contributed by atoms with Gasteiger partial charge in [0.1, 0.15) is 21.6 Å². The number of anilines is 1. The predicted octanol–water partition coefficient (Wildman–Crippen LogP) is 2.70. The van der Waals surface area contributed by atoms with Crippen molar-refractivity contribution in [3.8, 4) is 29.0 Å². The van der Waals surface area contributed by atoms with Crippen molar-refractivity contribution < 1.29 is 10.2 Å². The van der Waals surface area contributed by atoms with Crippen LogP contribution >= 0.6 is 11.3 Å². The summed E-state index contributed by atoms with van der Waals surface area (Å²) in [6.45, 7) is 5.51. The molecule has 0 saturated carbocycles. The fourth-order valence-electron chi connectivity index (χ4n) is 3.26. The van der Waals surface area contributed by atoms with Crippen molar-refractivity contribution in [2.75, 3.05) is 38.1 Å². The predicted molar refractivity (Wildman–Crippen MR) is 105 cm³/mol. The first-order valence-electron chi connectivity index (χ1n) is 8.65. The Morgan fingerprint density at radius 2 is 1.85 bits per heavy atom. The zero-order valence-corrected chi connectivity index (χ0v) is 15.9. The van der Waals surface area contributed by atoms with Gasteiger partial charge < -0.3 is 20.0 Å². The topological polar surface area (TPSA) is 96.5 Å². The third-order valence-corrected chi connectivity index (χ3v) is 6.00. The van der Waals surface area contributed by atoms with Crippen LogP contribution in [0.15, 0.2) is 18.2 Å². The summed E-state index contributed by atoms with van der Waals surface area (Å²) in [6.07, 6.45) is 0. The Kier molecular flexibility index (Phi) is 4.34. The lowest BCUT2D eigenvalue weighted by Gasteiger charge is -2.33. The van der Waals surface area contributed by atoms with Crippen LogP contribution in [-0.4, -0.2) is 58.3 Å². The Balaban J connectivity index is 1.91. The van der Waals surface area contributed by atoms with E-state index in [-0.39, 0.29) is 11.5 Å². The summed E-state index contributed by atoms with van der Waals surface area (Å²) >= 11 is 1.36. The average molecular weight is 381 g/mol. The van der Waals surface area contributed by atoms with Crippen molar-refractivity contribution in [2.24, 2.45) is 0 Å². The first kappa shape index (κ1) is 17.5. The van der Waals surface area contributed by atoms with Gasteiger partial charge in [0.25, 0.3) is 0 Å². The van der Waals surface area contributed by atoms with Gasteiger partial charge in [-0.05, 0) is 37.7 Å². The molecule has 0 bridgehead atoms. The fraction of sp³-hybridized carbons (Fsp3) is 0.316. The second kappa shape index (κ2) is 6.68. The van der Waals surface area contributed by atoms with Gasteiger partial charge in [-0.25, -0.2) is 9.97 Å². The summed E-state index contributed by atoms with van der Waals surface area (Å²) in [4.78, 5) is 15.3. The van der Waals surface area contributed by atoms with Gasteiger partial charge in [-0.15, -0.1) is 11.3 Å². The largest absolute Gasteiger partial charge is 0.504 e. The van der Waals surface area contributed by atoms with Gasteiger partial charge in [0, 0.05) is 31.7 Å². The number of fused-ring (bicyclic) bond motifs is 1. The van der Waals surface area contributed by atoms with Crippen LogP contribution in [0.1, 0.15) is 10.4 Å². The smallest absolute Gasteiger partial charge is 0.163 e. The number of benzene rings is 1. The highest BCUT2D eigenvalue weighted by atomic mass is 32.1. The molecule has 1 aliphatic heterocycles. The normalized spacial score (nSPS) is 15.2. The number of aromatic hydroxyl groups is 2. The minimum Gasteiger partial charge on any atom is -0.504 e. The Morgan fingerprint density at radius 1 is 1.11 bits per heavy atom. The van der Waals surface area contributed by atoms with Gasteiger partial charge in [-0.1, -0.05) is 0 Å². The number of aromatic nitrogens is 2. The molecular formula is C19H19N5O2S. The molecule has 3 aromatic rings. The summed E-state index contributed by atoms with van der Waals surface area (Å²) in [5.74, 6) is 0.902. The van der Waals surface area contributed by atoms with E-state index in [4.69, 9.17) is 4.98 Å². The maximum Gasteiger partial charge on any atom is 0.163 e. The number of phenolic OH excluding ortho intramolecular Hbond substituents is 2. The summed E-state index contributed by atoms with van der Waals surface area (Å²) in [5.41, 5.74) is 1.53. The molecule has 0 amide bonds. The van der Waals surface area contributed by atoms with Gasteiger partial charge >= 0.3 is 0 Å². The number of nitriles is 1. The number of aryl methyl sites for hydroxylation is 1. The second-order valence-corrected chi connectivity index (χ2v) is 7.71. The lowest BCUT2D eigenvalue weighted by atomic mass is 10.1. The molecule has 0 radical (unpaired) electrons. The van der Waals surface area contributed by atoms with Crippen LogP contribution in [0.2, 0.25) is 0 Å². The maximum atomic E-state index is 9.85. The van der Waals surface area contributed by atoms with E-state index in [2.05, 4.69) is 27.9 Å². The molecule has 3 heterocycles. The van der Waals surface area contributed by atoms with Gasteiger partial charge in [-0.3, -0.25) is 0 Å². The van der Waals surface area contributed by atoms with Crippen LogP contribution in [0.5, 0.6) is 11.5 Å². The standard InChI is InChI=1S/C19H19N5O2S/c1-11-15(10-20)27-19-16(11)18(24-7-5-23(2)6-8-24)21-17(22-19)12-3-4-13(25)14(26)9-12/h3-4,9,25-26H,5-8H2,1-2H3. The third kappa shape index (κ3) is 3.05. The van der Waals surface area contributed by atoms with Crippen LogP contribution in [0.25, 0.3) is 21.6 Å². The first-order chi connectivity index (χ1) is 13.0. The lowest BCUT2D eigenvalue weighted by Crippen LogP contribution is -2.45. The van der Waals surface area contributed by atoms with E-state index in [1.54, 1.807) is 6.07 Å². The van der Waals surface area contributed by atoms with Crippen molar-refractivity contribution >= 4 is 27.4 Å². The molecule has 1 fully saturated rings. The quantitative estimate of drug-likeness (QED) is 0.659. The van der Waals surface area contributed by atoms with Crippen LogP contribution < -0.4 is 4.90 Å². The first-order valence-corrected chi connectivity index (χ1v) is 9.46.